The lowest BCUT2D eigenvalue weighted by molar-refractivity contribution is 0.0557. The van der Waals surface area contributed by atoms with Crippen LogP contribution in [0.3, 0.4) is 0 Å². The van der Waals surface area contributed by atoms with Crippen LogP contribution in [0.25, 0.3) is 0 Å². The summed E-state index contributed by atoms with van der Waals surface area (Å²) in [6.07, 6.45) is 1.45. The molecule has 0 aromatic carbocycles. The molecule has 0 saturated carbocycles. The quantitative estimate of drug-likeness (QED) is 0.795. The summed E-state index contributed by atoms with van der Waals surface area (Å²) >= 11 is 3.39. The Balaban J connectivity index is 2.76. The van der Waals surface area contributed by atoms with Crippen molar-refractivity contribution in [1.29, 1.82) is 0 Å². The minimum absolute atomic E-state index is 0.360. The van der Waals surface area contributed by atoms with Gasteiger partial charge in [0.15, 0.2) is 0 Å². The molecule has 0 aliphatic carbocycles. The van der Waals surface area contributed by atoms with Gasteiger partial charge < -0.3 is 4.74 Å². The highest BCUT2D eigenvalue weighted by Crippen LogP contribution is 2.24. The largest absolute Gasteiger partial charge is 0.381 e. The molecule has 1 aliphatic rings. The molecule has 90 valence electrons. The zero-order valence-electron chi connectivity index (χ0n) is 9.12. The fourth-order valence-corrected chi connectivity index (χ4v) is 3.45. The molecule has 0 radical (unpaired) electrons. The van der Waals surface area contributed by atoms with Gasteiger partial charge in [0.2, 0.25) is 10.0 Å². The smallest absolute Gasteiger partial charge is 0.214 e. The van der Waals surface area contributed by atoms with Crippen LogP contribution in [0.2, 0.25) is 0 Å². The van der Waals surface area contributed by atoms with E-state index >= 15 is 0 Å². The van der Waals surface area contributed by atoms with Crippen molar-refractivity contribution in [2.24, 2.45) is 0 Å². The molecule has 0 spiro atoms. The van der Waals surface area contributed by atoms with E-state index in [1.807, 2.05) is 0 Å². The van der Waals surface area contributed by atoms with Crippen LogP contribution in [0.5, 0.6) is 0 Å². The van der Waals surface area contributed by atoms with Crippen LogP contribution in [-0.2, 0) is 14.8 Å². The van der Waals surface area contributed by atoms with E-state index in [-0.39, 0.29) is 5.54 Å². The van der Waals surface area contributed by atoms with Gasteiger partial charge in [-0.1, -0.05) is 15.9 Å². The van der Waals surface area contributed by atoms with Crippen LogP contribution < -0.4 is 4.72 Å². The molecule has 1 rings (SSSR count). The molecule has 0 unspecified atom stereocenters. The number of hydrogen-bond donors (Lipinski definition) is 1. The molecule has 1 fully saturated rings. The van der Waals surface area contributed by atoms with E-state index in [9.17, 15) is 8.42 Å². The van der Waals surface area contributed by atoms with Crippen LogP contribution in [0.4, 0.5) is 0 Å². The Hall–Kier alpha value is 0.350. The van der Waals surface area contributed by atoms with E-state index in [1.165, 1.54) is 0 Å². The third kappa shape index (κ3) is 3.41. The van der Waals surface area contributed by atoms with Crippen molar-refractivity contribution in [3.8, 4) is 0 Å². The minimum Gasteiger partial charge on any atom is -0.381 e. The zero-order chi connectivity index (χ0) is 11.5. The van der Waals surface area contributed by atoms with E-state index < -0.39 is 15.3 Å². The van der Waals surface area contributed by atoms with Crippen molar-refractivity contribution in [3.63, 3.8) is 0 Å². The first-order valence-corrected chi connectivity index (χ1v) is 7.75. The van der Waals surface area contributed by atoms with Gasteiger partial charge in [0.05, 0.1) is 5.25 Å². The fourth-order valence-electron chi connectivity index (χ4n) is 1.44. The molecular formula is C9H18BrNO3S. The first-order valence-electron chi connectivity index (χ1n) is 5.08. The summed E-state index contributed by atoms with van der Waals surface area (Å²) < 4.78 is 31.6. The van der Waals surface area contributed by atoms with Crippen LogP contribution in [0.15, 0.2) is 0 Å². The number of alkyl halides is 1. The maximum Gasteiger partial charge on any atom is 0.214 e. The van der Waals surface area contributed by atoms with Crippen LogP contribution in [-0.4, -0.2) is 37.8 Å². The lowest BCUT2D eigenvalue weighted by atomic mass is 9.94. The highest BCUT2D eigenvalue weighted by molar-refractivity contribution is 9.09. The summed E-state index contributed by atoms with van der Waals surface area (Å²) in [5.74, 6) is 0. The Morgan fingerprint density at radius 1 is 1.40 bits per heavy atom. The van der Waals surface area contributed by atoms with Crippen LogP contribution >= 0.6 is 15.9 Å². The van der Waals surface area contributed by atoms with Crippen molar-refractivity contribution in [2.45, 2.75) is 37.5 Å². The Bertz CT molecular complexity index is 296. The first kappa shape index (κ1) is 13.4. The third-order valence-electron chi connectivity index (χ3n) is 2.69. The Morgan fingerprint density at radius 3 is 2.33 bits per heavy atom. The second-order valence-electron chi connectivity index (χ2n) is 4.22. The maximum atomic E-state index is 11.8. The third-order valence-corrected chi connectivity index (χ3v) is 5.72. The van der Waals surface area contributed by atoms with Gasteiger partial charge in [-0.15, -0.1) is 0 Å². The van der Waals surface area contributed by atoms with Crippen molar-refractivity contribution in [3.05, 3.63) is 0 Å². The summed E-state index contributed by atoms with van der Waals surface area (Å²) in [6, 6.07) is 0. The van der Waals surface area contributed by atoms with Crippen LogP contribution in [0, 0.1) is 0 Å². The molecule has 0 bridgehead atoms. The SMILES string of the molecule is CC(C)S(=O)(=O)NC1(CBr)CCOCC1. The molecule has 1 aliphatic heterocycles. The number of rotatable bonds is 4. The average molecular weight is 300 g/mol. The molecule has 1 N–H and O–H groups in total. The van der Waals surface area contributed by atoms with Gasteiger partial charge in [-0.3, -0.25) is 0 Å². The summed E-state index contributed by atoms with van der Waals surface area (Å²) in [5, 5.41) is 0.242. The van der Waals surface area contributed by atoms with E-state index in [0.717, 1.165) is 12.8 Å². The number of nitrogens with one attached hydrogen (secondary N) is 1. The second-order valence-corrected chi connectivity index (χ2v) is 7.02. The molecule has 1 saturated heterocycles. The van der Waals surface area contributed by atoms with Crippen molar-refractivity contribution in [1.82, 2.24) is 4.72 Å². The van der Waals surface area contributed by atoms with E-state index in [4.69, 9.17) is 4.74 Å². The molecule has 0 aromatic rings. The van der Waals surface area contributed by atoms with Gasteiger partial charge in [0.25, 0.3) is 0 Å². The van der Waals surface area contributed by atoms with Crippen LogP contribution in [0.1, 0.15) is 26.7 Å². The predicted molar refractivity (Wildman–Crippen MR) is 63.8 cm³/mol. The number of hydrogen-bond acceptors (Lipinski definition) is 3. The standard InChI is InChI=1S/C9H18BrNO3S/c1-8(2)15(12,13)11-9(7-10)3-5-14-6-4-9/h8,11H,3-7H2,1-2H3. The summed E-state index contributed by atoms with van der Waals surface area (Å²) in [7, 11) is -3.20. The summed E-state index contributed by atoms with van der Waals surface area (Å²) in [4.78, 5) is 0. The zero-order valence-corrected chi connectivity index (χ0v) is 11.5. The van der Waals surface area contributed by atoms with Crippen molar-refractivity contribution < 1.29 is 13.2 Å². The number of sulfonamides is 1. The average Bonchev–Trinajstić information content (AvgIpc) is 2.18. The topological polar surface area (TPSA) is 55.4 Å². The molecule has 4 nitrogen and oxygen atoms in total. The number of halogens is 1. The highest BCUT2D eigenvalue weighted by atomic mass is 79.9. The maximum absolute atomic E-state index is 11.8. The predicted octanol–water partition coefficient (Wildman–Crippen LogP) is 1.26. The Kier molecular flexibility index (Phi) is 4.58. The molecular weight excluding hydrogens is 282 g/mol. The summed E-state index contributed by atoms with van der Waals surface area (Å²) in [6.45, 7) is 4.60. The summed E-state index contributed by atoms with van der Waals surface area (Å²) in [5.41, 5.74) is -0.360. The molecule has 0 aromatic heterocycles. The first-order chi connectivity index (χ1) is 6.92. The van der Waals surface area contributed by atoms with Crippen molar-refractivity contribution in [2.75, 3.05) is 18.5 Å². The normalized spacial score (nSPS) is 21.9. The minimum atomic E-state index is -3.20. The Morgan fingerprint density at radius 2 is 1.93 bits per heavy atom. The van der Waals surface area contributed by atoms with Gasteiger partial charge in [0, 0.05) is 24.1 Å². The monoisotopic (exact) mass is 299 g/mol. The highest BCUT2D eigenvalue weighted by Gasteiger charge is 2.36. The van der Waals surface area contributed by atoms with E-state index in [1.54, 1.807) is 13.8 Å². The molecule has 0 atom stereocenters. The van der Waals surface area contributed by atoms with Gasteiger partial charge >= 0.3 is 0 Å². The fraction of sp³-hybridized carbons (Fsp3) is 1.00. The van der Waals surface area contributed by atoms with Gasteiger partial charge in [-0.05, 0) is 26.7 Å². The number of ether oxygens (including phenoxy) is 1. The lowest BCUT2D eigenvalue weighted by Crippen LogP contribution is -2.54. The van der Waals surface area contributed by atoms with E-state index in [2.05, 4.69) is 20.7 Å². The molecule has 6 heteroatoms. The molecule has 0 amide bonds. The molecule has 15 heavy (non-hydrogen) atoms. The second kappa shape index (κ2) is 5.12. The molecule has 1 heterocycles. The lowest BCUT2D eigenvalue weighted by Gasteiger charge is -2.36. The Labute approximate surface area is 99.9 Å². The van der Waals surface area contributed by atoms with Crippen molar-refractivity contribution >= 4 is 26.0 Å². The van der Waals surface area contributed by atoms with Gasteiger partial charge in [0.1, 0.15) is 0 Å². The van der Waals surface area contributed by atoms with Gasteiger partial charge in [-0.25, -0.2) is 13.1 Å². The van der Waals surface area contributed by atoms with E-state index in [0.29, 0.717) is 18.5 Å². The van der Waals surface area contributed by atoms with Gasteiger partial charge in [-0.2, -0.15) is 0 Å².